The molecule has 3 aromatic rings. The molecule has 0 aliphatic heterocycles. The molecule has 1 heterocycles. The molecule has 19 heavy (non-hydrogen) atoms. The third-order valence-electron chi connectivity index (χ3n) is 2.94. The Bertz CT molecular complexity index is 731. The number of benzene rings is 2. The SMILES string of the molecule is O=C(NO)c1ccc2cc(-c3ccccc3)oc2c1. The van der Waals surface area contributed by atoms with Gasteiger partial charge in [-0.1, -0.05) is 36.4 Å². The molecule has 2 N–H and O–H groups in total. The molecule has 0 spiro atoms. The number of nitrogens with one attached hydrogen (secondary N) is 1. The Labute approximate surface area is 109 Å². The van der Waals surface area contributed by atoms with Gasteiger partial charge < -0.3 is 4.42 Å². The summed E-state index contributed by atoms with van der Waals surface area (Å²) in [5.41, 5.74) is 3.54. The van der Waals surface area contributed by atoms with Crippen molar-refractivity contribution in [2.75, 3.05) is 0 Å². The van der Waals surface area contributed by atoms with Gasteiger partial charge in [0.15, 0.2) is 0 Å². The van der Waals surface area contributed by atoms with E-state index in [1.54, 1.807) is 23.7 Å². The van der Waals surface area contributed by atoms with Crippen LogP contribution in [0.3, 0.4) is 0 Å². The van der Waals surface area contributed by atoms with Gasteiger partial charge in [0.2, 0.25) is 0 Å². The van der Waals surface area contributed by atoms with Crippen LogP contribution in [0.25, 0.3) is 22.3 Å². The average molecular weight is 253 g/mol. The van der Waals surface area contributed by atoms with Crippen molar-refractivity contribution in [3.8, 4) is 11.3 Å². The zero-order valence-electron chi connectivity index (χ0n) is 9.96. The molecule has 0 unspecified atom stereocenters. The van der Waals surface area contributed by atoms with Crippen molar-refractivity contribution >= 4 is 16.9 Å². The first-order chi connectivity index (χ1) is 9.28. The highest BCUT2D eigenvalue weighted by Crippen LogP contribution is 2.28. The second kappa shape index (κ2) is 4.59. The van der Waals surface area contributed by atoms with Gasteiger partial charge >= 0.3 is 0 Å². The van der Waals surface area contributed by atoms with Crippen LogP contribution >= 0.6 is 0 Å². The summed E-state index contributed by atoms with van der Waals surface area (Å²) in [4.78, 5) is 11.3. The van der Waals surface area contributed by atoms with Crippen LogP contribution in [0.1, 0.15) is 10.4 Å². The van der Waals surface area contributed by atoms with Gasteiger partial charge in [-0.2, -0.15) is 0 Å². The average Bonchev–Trinajstić information content (AvgIpc) is 2.90. The number of furan rings is 1. The van der Waals surface area contributed by atoms with Gasteiger partial charge in [-0.15, -0.1) is 0 Å². The first kappa shape index (κ1) is 11.5. The summed E-state index contributed by atoms with van der Waals surface area (Å²) in [5.74, 6) is 0.191. The van der Waals surface area contributed by atoms with E-state index in [0.717, 1.165) is 16.7 Å². The molecule has 0 atom stereocenters. The van der Waals surface area contributed by atoms with Crippen molar-refractivity contribution in [3.05, 3.63) is 60.2 Å². The predicted molar refractivity (Wildman–Crippen MR) is 70.9 cm³/mol. The Kier molecular flexibility index (Phi) is 2.78. The second-order valence-electron chi connectivity index (χ2n) is 4.17. The number of fused-ring (bicyclic) bond motifs is 1. The molecule has 1 amide bonds. The van der Waals surface area contributed by atoms with E-state index in [-0.39, 0.29) is 0 Å². The molecule has 0 aliphatic carbocycles. The summed E-state index contributed by atoms with van der Waals surface area (Å²) >= 11 is 0. The van der Waals surface area contributed by atoms with Crippen LogP contribution in [0.15, 0.2) is 59.0 Å². The maximum Gasteiger partial charge on any atom is 0.274 e. The molecule has 0 radical (unpaired) electrons. The molecule has 4 heteroatoms. The molecule has 3 rings (SSSR count). The van der Waals surface area contributed by atoms with Gasteiger partial charge in [-0.25, -0.2) is 5.48 Å². The molecular formula is C15H11NO3. The smallest absolute Gasteiger partial charge is 0.274 e. The summed E-state index contributed by atoms with van der Waals surface area (Å²) in [5, 5.41) is 9.52. The first-order valence-electron chi connectivity index (χ1n) is 5.81. The largest absolute Gasteiger partial charge is 0.456 e. The third kappa shape index (κ3) is 2.09. The number of carbonyl (C=O) groups excluding carboxylic acids is 1. The molecule has 4 nitrogen and oxygen atoms in total. The first-order valence-corrected chi connectivity index (χ1v) is 5.81. The minimum absolute atomic E-state index is 0.351. The third-order valence-corrected chi connectivity index (χ3v) is 2.94. The molecular weight excluding hydrogens is 242 g/mol. The lowest BCUT2D eigenvalue weighted by Crippen LogP contribution is -2.18. The molecule has 0 saturated carbocycles. The summed E-state index contributed by atoms with van der Waals surface area (Å²) in [7, 11) is 0. The summed E-state index contributed by atoms with van der Waals surface area (Å²) < 4.78 is 5.73. The molecule has 0 fully saturated rings. The lowest BCUT2D eigenvalue weighted by molar-refractivity contribution is 0.0706. The van der Waals surface area contributed by atoms with Crippen molar-refractivity contribution < 1.29 is 14.4 Å². The number of carbonyl (C=O) groups is 1. The van der Waals surface area contributed by atoms with E-state index < -0.39 is 5.91 Å². The molecule has 1 aromatic heterocycles. The monoisotopic (exact) mass is 253 g/mol. The van der Waals surface area contributed by atoms with E-state index in [0.29, 0.717) is 11.1 Å². The fraction of sp³-hybridized carbons (Fsp3) is 0. The minimum atomic E-state index is -0.556. The fourth-order valence-corrected chi connectivity index (χ4v) is 1.98. The highest BCUT2D eigenvalue weighted by Gasteiger charge is 2.09. The minimum Gasteiger partial charge on any atom is -0.456 e. The molecule has 2 aromatic carbocycles. The van der Waals surface area contributed by atoms with Gasteiger partial charge in [0, 0.05) is 16.5 Å². The van der Waals surface area contributed by atoms with Crippen LogP contribution in [0.4, 0.5) is 0 Å². The van der Waals surface area contributed by atoms with Crippen LogP contribution in [-0.2, 0) is 0 Å². The van der Waals surface area contributed by atoms with E-state index >= 15 is 0 Å². The Balaban J connectivity index is 2.09. The lowest BCUT2D eigenvalue weighted by Gasteiger charge is -1.97. The molecule has 0 aliphatic rings. The maximum absolute atomic E-state index is 11.3. The highest BCUT2D eigenvalue weighted by atomic mass is 16.5. The summed E-state index contributed by atoms with van der Waals surface area (Å²) in [6, 6.07) is 16.7. The van der Waals surface area contributed by atoms with Crippen LogP contribution in [0, 0.1) is 0 Å². The van der Waals surface area contributed by atoms with E-state index in [9.17, 15) is 4.79 Å². The van der Waals surface area contributed by atoms with Crippen molar-refractivity contribution in [1.82, 2.24) is 5.48 Å². The fourth-order valence-electron chi connectivity index (χ4n) is 1.98. The standard InChI is InChI=1S/C15H11NO3/c17-15(16-18)12-7-6-11-8-13(19-14(11)9-12)10-4-2-1-3-5-10/h1-9,18H,(H,16,17). The van der Waals surface area contributed by atoms with Gasteiger partial charge in [-0.05, 0) is 18.2 Å². The normalized spacial score (nSPS) is 10.6. The summed E-state index contributed by atoms with van der Waals surface area (Å²) in [6.45, 7) is 0. The molecule has 94 valence electrons. The van der Waals surface area contributed by atoms with Crippen molar-refractivity contribution in [3.63, 3.8) is 0 Å². The molecule has 0 bridgehead atoms. The highest BCUT2D eigenvalue weighted by molar-refractivity contribution is 5.97. The zero-order chi connectivity index (χ0) is 13.2. The van der Waals surface area contributed by atoms with E-state index in [1.165, 1.54) is 0 Å². The molecule has 0 saturated heterocycles. The Morgan fingerprint density at radius 2 is 1.84 bits per heavy atom. The van der Waals surface area contributed by atoms with Crippen molar-refractivity contribution in [2.24, 2.45) is 0 Å². The number of hydroxylamine groups is 1. The quantitative estimate of drug-likeness (QED) is 0.544. The van der Waals surface area contributed by atoms with Gasteiger partial charge in [0.1, 0.15) is 11.3 Å². The van der Waals surface area contributed by atoms with E-state index in [2.05, 4.69) is 0 Å². The van der Waals surface area contributed by atoms with Gasteiger partial charge in [0.05, 0.1) is 0 Å². The van der Waals surface area contributed by atoms with Crippen LogP contribution in [0.5, 0.6) is 0 Å². The van der Waals surface area contributed by atoms with Crippen LogP contribution in [-0.4, -0.2) is 11.1 Å². The van der Waals surface area contributed by atoms with Gasteiger partial charge in [-0.3, -0.25) is 10.0 Å². The van der Waals surface area contributed by atoms with Gasteiger partial charge in [0.25, 0.3) is 5.91 Å². The van der Waals surface area contributed by atoms with Crippen molar-refractivity contribution in [2.45, 2.75) is 0 Å². The predicted octanol–water partition coefficient (Wildman–Crippen LogP) is 3.22. The number of hydrogen-bond donors (Lipinski definition) is 2. The number of amides is 1. The van der Waals surface area contributed by atoms with E-state index in [4.69, 9.17) is 9.62 Å². The maximum atomic E-state index is 11.3. The summed E-state index contributed by atoms with van der Waals surface area (Å²) in [6.07, 6.45) is 0. The zero-order valence-corrected chi connectivity index (χ0v) is 9.96. The van der Waals surface area contributed by atoms with Crippen LogP contribution in [0.2, 0.25) is 0 Å². The van der Waals surface area contributed by atoms with Crippen molar-refractivity contribution in [1.29, 1.82) is 0 Å². The Morgan fingerprint density at radius 3 is 2.58 bits per heavy atom. The van der Waals surface area contributed by atoms with E-state index in [1.807, 2.05) is 36.4 Å². The Morgan fingerprint density at radius 1 is 1.05 bits per heavy atom. The number of rotatable bonds is 2. The number of hydrogen-bond acceptors (Lipinski definition) is 3. The topological polar surface area (TPSA) is 62.5 Å². The van der Waals surface area contributed by atoms with Crippen LogP contribution < -0.4 is 5.48 Å². The Hall–Kier alpha value is -2.59. The lowest BCUT2D eigenvalue weighted by atomic mass is 10.1. The second-order valence-corrected chi connectivity index (χ2v) is 4.17.